The summed E-state index contributed by atoms with van der Waals surface area (Å²) in [4.78, 5) is -1.04. The van der Waals surface area contributed by atoms with Crippen LogP contribution in [0.1, 0.15) is 0 Å². The molecule has 0 spiro atoms. The van der Waals surface area contributed by atoms with Gasteiger partial charge in [-0.05, 0) is 30.1 Å². The molecular formula is C13H9F5N2OS. The molecule has 22 heavy (non-hydrogen) atoms. The number of rotatable bonds is 4. The van der Waals surface area contributed by atoms with Gasteiger partial charge in [0.1, 0.15) is 10.6 Å². The lowest BCUT2D eigenvalue weighted by Crippen LogP contribution is -2.04. The first kappa shape index (κ1) is 16.2. The lowest BCUT2D eigenvalue weighted by molar-refractivity contribution is 0.361. The fourth-order valence-electron chi connectivity index (χ4n) is 1.58. The van der Waals surface area contributed by atoms with Crippen LogP contribution in [0.3, 0.4) is 0 Å². The number of anilines is 2. The van der Waals surface area contributed by atoms with Crippen LogP contribution in [0.2, 0.25) is 0 Å². The average molecular weight is 336 g/mol. The van der Waals surface area contributed by atoms with Crippen molar-refractivity contribution < 1.29 is 26.7 Å². The molecule has 0 unspecified atom stereocenters. The highest BCUT2D eigenvalue weighted by atomic mass is 32.2. The first-order chi connectivity index (χ1) is 10.4. The number of ether oxygens (including phenoxy) is 1. The Labute approximate surface area is 126 Å². The summed E-state index contributed by atoms with van der Waals surface area (Å²) in [6.07, 6.45) is 0. The molecule has 0 aromatic heterocycles. The van der Waals surface area contributed by atoms with Crippen LogP contribution in [-0.2, 0) is 0 Å². The first-order valence-corrected chi connectivity index (χ1v) is 6.56. The molecule has 0 radical (unpaired) electrons. The fraction of sp³-hybridized carbons (Fsp3) is 0.0769. The maximum absolute atomic E-state index is 13.5. The Hall–Kier alpha value is -2.16. The maximum atomic E-state index is 13.5. The van der Waals surface area contributed by atoms with Crippen LogP contribution >= 0.6 is 11.9 Å². The van der Waals surface area contributed by atoms with Crippen molar-refractivity contribution in [2.45, 2.75) is 4.90 Å². The molecule has 0 aliphatic heterocycles. The minimum atomic E-state index is -2.20. The molecule has 2 aromatic carbocycles. The molecule has 0 bridgehead atoms. The van der Waals surface area contributed by atoms with Gasteiger partial charge in [0.25, 0.3) is 0 Å². The highest BCUT2D eigenvalue weighted by molar-refractivity contribution is 8.00. The third-order valence-electron chi connectivity index (χ3n) is 2.67. The van der Waals surface area contributed by atoms with E-state index in [1.807, 2.05) is 0 Å². The first-order valence-electron chi connectivity index (χ1n) is 5.74. The summed E-state index contributed by atoms with van der Waals surface area (Å²) >= 11 is 0.243. The van der Waals surface area contributed by atoms with Crippen LogP contribution in [0, 0.1) is 29.1 Å². The van der Waals surface area contributed by atoms with E-state index in [-0.39, 0.29) is 17.6 Å². The fourth-order valence-corrected chi connectivity index (χ4v) is 2.29. The minimum absolute atomic E-state index is 0.241. The lowest BCUT2D eigenvalue weighted by atomic mass is 10.2. The monoisotopic (exact) mass is 336 g/mol. The largest absolute Gasteiger partial charge is 0.495 e. The molecule has 0 aliphatic carbocycles. The molecule has 2 rings (SSSR count). The van der Waals surface area contributed by atoms with Gasteiger partial charge in [-0.15, -0.1) is 0 Å². The van der Waals surface area contributed by atoms with Crippen molar-refractivity contribution >= 4 is 23.3 Å². The second-order valence-corrected chi connectivity index (χ2v) is 4.88. The summed E-state index contributed by atoms with van der Waals surface area (Å²) < 4.78 is 73.3. The van der Waals surface area contributed by atoms with Crippen molar-refractivity contribution in [1.29, 1.82) is 0 Å². The SMILES string of the molecule is COc1ccc(NSc2c(F)c(F)c(F)c(F)c2F)cc1N. The van der Waals surface area contributed by atoms with Crippen molar-refractivity contribution in [1.82, 2.24) is 0 Å². The van der Waals surface area contributed by atoms with Crippen molar-refractivity contribution in [2.75, 3.05) is 17.6 Å². The van der Waals surface area contributed by atoms with Crippen LogP contribution < -0.4 is 15.2 Å². The van der Waals surface area contributed by atoms with Gasteiger partial charge in [0.05, 0.1) is 12.8 Å². The number of hydrogen-bond donors (Lipinski definition) is 2. The highest BCUT2D eigenvalue weighted by Gasteiger charge is 2.26. The lowest BCUT2D eigenvalue weighted by Gasteiger charge is -2.11. The number of nitrogen functional groups attached to an aromatic ring is 1. The third-order valence-corrected chi connectivity index (χ3v) is 3.57. The predicted octanol–water partition coefficient (Wildman–Crippen LogP) is 4.09. The maximum Gasteiger partial charge on any atom is 0.200 e. The number of hydrogen-bond acceptors (Lipinski definition) is 4. The Balaban J connectivity index is 2.27. The van der Waals surface area contributed by atoms with Crippen molar-refractivity contribution in [3.8, 4) is 5.75 Å². The van der Waals surface area contributed by atoms with Crippen LogP contribution in [0.4, 0.5) is 33.3 Å². The van der Waals surface area contributed by atoms with Gasteiger partial charge in [-0.1, -0.05) is 0 Å². The van der Waals surface area contributed by atoms with Gasteiger partial charge in [0.15, 0.2) is 23.3 Å². The number of methoxy groups -OCH3 is 1. The van der Waals surface area contributed by atoms with Crippen molar-refractivity contribution in [3.05, 3.63) is 47.3 Å². The molecule has 3 N–H and O–H groups in total. The van der Waals surface area contributed by atoms with E-state index in [4.69, 9.17) is 10.5 Å². The Morgan fingerprint density at radius 1 is 0.955 bits per heavy atom. The molecule has 9 heteroatoms. The summed E-state index contributed by atoms with van der Waals surface area (Å²) in [5.74, 6) is -9.64. The number of halogens is 5. The van der Waals surface area contributed by atoms with E-state index in [0.717, 1.165) is 0 Å². The molecule has 0 saturated heterocycles. The smallest absolute Gasteiger partial charge is 0.200 e. The minimum Gasteiger partial charge on any atom is -0.495 e. The zero-order valence-electron chi connectivity index (χ0n) is 11.0. The van der Waals surface area contributed by atoms with E-state index < -0.39 is 34.0 Å². The van der Waals surface area contributed by atoms with Crippen LogP contribution in [0.5, 0.6) is 5.75 Å². The van der Waals surface area contributed by atoms with Gasteiger partial charge >= 0.3 is 0 Å². The predicted molar refractivity (Wildman–Crippen MR) is 73.1 cm³/mol. The topological polar surface area (TPSA) is 47.3 Å². The number of nitrogens with two attached hydrogens (primary N) is 1. The summed E-state index contributed by atoms with van der Waals surface area (Å²) in [5.41, 5.74) is 6.18. The van der Waals surface area contributed by atoms with Crippen molar-refractivity contribution in [3.63, 3.8) is 0 Å². The Bertz CT molecular complexity index is 697. The van der Waals surface area contributed by atoms with Gasteiger partial charge < -0.3 is 15.2 Å². The van der Waals surface area contributed by atoms with E-state index in [1.54, 1.807) is 0 Å². The standard InChI is InChI=1S/C13H9F5N2OS/c1-21-7-3-2-5(4-6(7)19)20-22-13-11(17)9(15)8(14)10(16)12(13)18/h2-4,20H,19H2,1H3. The van der Waals surface area contributed by atoms with E-state index in [0.29, 0.717) is 11.4 Å². The zero-order chi connectivity index (χ0) is 16.4. The van der Waals surface area contributed by atoms with E-state index in [9.17, 15) is 22.0 Å². The van der Waals surface area contributed by atoms with Gasteiger partial charge in [0, 0.05) is 5.69 Å². The summed E-state index contributed by atoms with van der Waals surface area (Å²) in [6.45, 7) is 0. The Morgan fingerprint density at radius 3 is 2.00 bits per heavy atom. The van der Waals surface area contributed by atoms with Crippen LogP contribution in [-0.4, -0.2) is 7.11 Å². The van der Waals surface area contributed by atoms with Crippen LogP contribution in [0.15, 0.2) is 23.1 Å². The Kier molecular flexibility index (Phi) is 4.65. The molecule has 0 heterocycles. The number of nitrogens with one attached hydrogen (secondary N) is 1. The molecule has 0 fully saturated rings. The van der Waals surface area contributed by atoms with E-state index in [1.165, 1.54) is 25.3 Å². The zero-order valence-corrected chi connectivity index (χ0v) is 11.8. The molecule has 0 saturated carbocycles. The molecular weight excluding hydrogens is 327 g/mol. The normalized spacial score (nSPS) is 10.6. The third kappa shape index (κ3) is 2.89. The quantitative estimate of drug-likeness (QED) is 0.290. The second kappa shape index (κ2) is 6.30. The summed E-state index contributed by atoms with van der Waals surface area (Å²) in [5, 5.41) is 0. The van der Waals surface area contributed by atoms with Gasteiger partial charge in [-0.3, -0.25) is 0 Å². The second-order valence-electron chi connectivity index (χ2n) is 4.06. The molecule has 0 amide bonds. The average Bonchev–Trinajstić information content (AvgIpc) is 2.51. The van der Waals surface area contributed by atoms with E-state index in [2.05, 4.69) is 4.72 Å². The van der Waals surface area contributed by atoms with Gasteiger partial charge in [0.2, 0.25) is 5.82 Å². The molecule has 0 aliphatic rings. The van der Waals surface area contributed by atoms with E-state index >= 15 is 0 Å². The highest BCUT2D eigenvalue weighted by Crippen LogP contribution is 2.33. The Morgan fingerprint density at radius 2 is 1.50 bits per heavy atom. The van der Waals surface area contributed by atoms with Gasteiger partial charge in [-0.25, -0.2) is 22.0 Å². The van der Waals surface area contributed by atoms with Gasteiger partial charge in [-0.2, -0.15) is 0 Å². The van der Waals surface area contributed by atoms with Crippen LogP contribution in [0.25, 0.3) is 0 Å². The molecule has 2 aromatic rings. The molecule has 3 nitrogen and oxygen atoms in total. The van der Waals surface area contributed by atoms with Crippen molar-refractivity contribution in [2.24, 2.45) is 0 Å². The number of benzene rings is 2. The summed E-state index contributed by atoms with van der Waals surface area (Å²) in [6, 6.07) is 4.34. The molecule has 118 valence electrons. The summed E-state index contributed by atoms with van der Waals surface area (Å²) in [7, 11) is 1.41. The molecule has 0 atom stereocenters.